The van der Waals surface area contributed by atoms with Crippen molar-refractivity contribution in [1.82, 2.24) is 10.2 Å². The van der Waals surface area contributed by atoms with E-state index in [4.69, 9.17) is 0 Å². The fourth-order valence-electron chi connectivity index (χ4n) is 2.52. The summed E-state index contributed by atoms with van der Waals surface area (Å²) in [4.78, 5) is 13.4. The Morgan fingerprint density at radius 2 is 2.27 bits per heavy atom. The van der Waals surface area contributed by atoms with Gasteiger partial charge in [-0.25, -0.2) is 0 Å². The highest BCUT2D eigenvalue weighted by Crippen LogP contribution is 2.23. The topological polar surface area (TPSA) is 32.3 Å². The zero-order valence-corrected chi connectivity index (χ0v) is 10.3. The summed E-state index contributed by atoms with van der Waals surface area (Å²) in [6.07, 6.45) is 5.10. The Hall–Kier alpha value is -0.570. The molecular weight excluding hydrogens is 188 g/mol. The Labute approximate surface area is 93.2 Å². The molecule has 2 atom stereocenters. The van der Waals surface area contributed by atoms with Crippen LogP contribution in [0.15, 0.2) is 0 Å². The predicted octanol–water partition coefficient (Wildman–Crippen LogP) is 1.63. The molecule has 0 bridgehead atoms. The molecule has 1 N–H and O–H groups in total. The molecule has 1 aliphatic heterocycles. The number of amides is 1. The normalized spacial score (nSPS) is 24.9. The monoisotopic (exact) mass is 212 g/mol. The van der Waals surface area contributed by atoms with Crippen molar-refractivity contribution in [3.63, 3.8) is 0 Å². The Morgan fingerprint density at radius 1 is 1.53 bits per heavy atom. The fraction of sp³-hybridized carbons (Fsp3) is 0.917. The van der Waals surface area contributed by atoms with E-state index in [-0.39, 0.29) is 5.91 Å². The second-order valence-corrected chi connectivity index (χ2v) is 4.65. The largest absolute Gasteiger partial charge is 0.356 e. The summed E-state index contributed by atoms with van der Waals surface area (Å²) in [6.45, 7) is 5.86. The van der Waals surface area contributed by atoms with Crippen LogP contribution in [0.3, 0.4) is 0 Å². The lowest BCUT2D eigenvalue weighted by molar-refractivity contribution is -0.119. The van der Waals surface area contributed by atoms with Gasteiger partial charge in [0.1, 0.15) is 0 Å². The molecule has 0 aromatic heterocycles. The molecule has 1 rings (SSSR count). The molecule has 0 aromatic rings. The van der Waals surface area contributed by atoms with Gasteiger partial charge in [0.15, 0.2) is 0 Å². The quantitative estimate of drug-likeness (QED) is 0.768. The van der Waals surface area contributed by atoms with Gasteiger partial charge >= 0.3 is 0 Å². The molecule has 0 radical (unpaired) electrons. The predicted molar refractivity (Wildman–Crippen MR) is 62.7 cm³/mol. The van der Waals surface area contributed by atoms with Crippen molar-refractivity contribution >= 4 is 5.91 Å². The van der Waals surface area contributed by atoms with E-state index in [1.165, 1.54) is 25.8 Å². The zero-order valence-electron chi connectivity index (χ0n) is 10.3. The van der Waals surface area contributed by atoms with Crippen molar-refractivity contribution < 1.29 is 4.79 Å². The summed E-state index contributed by atoms with van der Waals surface area (Å²) in [5.74, 6) is 0.700. The lowest BCUT2D eigenvalue weighted by Crippen LogP contribution is -2.45. The van der Waals surface area contributed by atoms with E-state index in [0.717, 1.165) is 13.0 Å². The maximum Gasteiger partial charge on any atom is 0.216 e. The number of nitrogens with zero attached hydrogens (tertiary/aromatic N) is 1. The Bertz CT molecular complexity index is 206. The van der Waals surface area contributed by atoms with Crippen LogP contribution in [0.5, 0.6) is 0 Å². The van der Waals surface area contributed by atoms with Gasteiger partial charge in [0.2, 0.25) is 5.91 Å². The second kappa shape index (κ2) is 6.11. The van der Waals surface area contributed by atoms with Crippen LogP contribution >= 0.6 is 0 Å². The van der Waals surface area contributed by atoms with Crippen LogP contribution < -0.4 is 5.32 Å². The SMILES string of the molecule is CCC(CNC(C)=O)C1CCCCN1C. The van der Waals surface area contributed by atoms with Gasteiger partial charge in [0.25, 0.3) is 0 Å². The summed E-state index contributed by atoms with van der Waals surface area (Å²) in [6, 6.07) is 0.663. The lowest BCUT2D eigenvalue weighted by Gasteiger charge is -2.37. The molecule has 1 aliphatic rings. The first kappa shape index (κ1) is 12.5. The number of hydrogen-bond donors (Lipinski definition) is 1. The molecule has 0 spiro atoms. The highest BCUT2D eigenvalue weighted by molar-refractivity contribution is 5.72. The Balaban J connectivity index is 2.44. The van der Waals surface area contributed by atoms with Crippen molar-refractivity contribution in [3.8, 4) is 0 Å². The van der Waals surface area contributed by atoms with Crippen LogP contribution in [0.2, 0.25) is 0 Å². The van der Waals surface area contributed by atoms with Crippen LogP contribution in [-0.2, 0) is 4.79 Å². The van der Waals surface area contributed by atoms with E-state index in [2.05, 4.69) is 24.2 Å². The van der Waals surface area contributed by atoms with Gasteiger partial charge < -0.3 is 10.2 Å². The molecule has 2 unspecified atom stereocenters. The third-order valence-corrected chi connectivity index (χ3v) is 3.51. The van der Waals surface area contributed by atoms with E-state index in [0.29, 0.717) is 12.0 Å². The maximum absolute atomic E-state index is 10.9. The average Bonchev–Trinajstić information content (AvgIpc) is 2.21. The van der Waals surface area contributed by atoms with E-state index >= 15 is 0 Å². The zero-order chi connectivity index (χ0) is 11.3. The van der Waals surface area contributed by atoms with Crippen LogP contribution in [0.25, 0.3) is 0 Å². The Kier molecular flexibility index (Phi) is 5.09. The molecular formula is C12H24N2O. The third-order valence-electron chi connectivity index (χ3n) is 3.51. The molecule has 3 nitrogen and oxygen atoms in total. The van der Waals surface area contributed by atoms with Crippen molar-refractivity contribution in [2.75, 3.05) is 20.1 Å². The van der Waals surface area contributed by atoms with Gasteiger partial charge in [-0.3, -0.25) is 4.79 Å². The molecule has 88 valence electrons. The van der Waals surface area contributed by atoms with Gasteiger partial charge in [0, 0.05) is 19.5 Å². The van der Waals surface area contributed by atoms with E-state index < -0.39 is 0 Å². The minimum Gasteiger partial charge on any atom is -0.356 e. The molecule has 0 aromatic carbocycles. The minimum absolute atomic E-state index is 0.0897. The first-order valence-electron chi connectivity index (χ1n) is 6.09. The highest BCUT2D eigenvalue weighted by Gasteiger charge is 2.26. The van der Waals surface area contributed by atoms with E-state index in [9.17, 15) is 4.79 Å². The van der Waals surface area contributed by atoms with Crippen LogP contribution in [0.1, 0.15) is 39.5 Å². The number of nitrogens with one attached hydrogen (secondary N) is 1. The van der Waals surface area contributed by atoms with Crippen molar-refractivity contribution in [3.05, 3.63) is 0 Å². The third kappa shape index (κ3) is 3.82. The van der Waals surface area contributed by atoms with Gasteiger partial charge in [0.05, 0.1) is 0 Å². The number of piperidine rings is 1. The summed E-state index contributed by atoms with van der Waals surface area (Å²) in [5, 5.41) is 2.95. The number of rotatable bonds is 4. The average molecular weight is 212 g/mol. The molecule has 1 heterocycles. The highest BCUT2D eigenvalue weighted by atomic mass is 16.1. The molecule has 0 saturated carbocycles. The minimum atomic E-state index is 0.0897. The van der Waals surface area contributed by atoms with Crippen LogP contribution in [-0.4, -0.2) is 37.0 Å². The molecule has 3 heteroatoms. The van der Waals surface area contributed by atoms with Crippen LogP contribution in [0, 0.1) is 5.92 Å². The van der Waals surface area contributed by atoms with Gasteiger partial charge in [-0.2, -0.15) is 0 Å². The smallest absolute Gasteiger partial charge is 0.216 e. The Morgan fingerprint density at radius 3 is 2.80 bits per heavy atom. The fourth-order valence-corrected chi connectivity index (χ4v) is 2.52. The van der Waals surface area contributed by atoms with E-state index in [1.54, 1.807) is 6.92 Å². The first-order valence-corrected chi connectivity index (χ1v) is 6.09. The number of carbonyl (C=O) groups excluding carboxylic acids is 1. The molecule has 1 fully saturated rings. The van der Waals surface area contributed by atoms with Crippen molar-refractivity contribution in [1.29, 1.82) is 0 Å². The van der Waals surface area contributed by atoms with Crippen molar-refractivity contribution in [2.24, 2.45) is 5.92 Å². The summed E-state index contributed by atoms with van der Waals surface area (Å²) in [7, 11) is 2.21. The summed E-state index contributed by atoms with van der Waals surface area (Å²) >= 11 is 0. The number of likely N-dealkylation sites (tertiary alicyclic amines) is 1. The standard InChI is InChI=1S/C12H24N2O/c1-4-11(9-13-10(2)15)12-7-5-6-8-14(12)3/h11-12H,4-9H2,1-3H3,(H,13,15). The second-order valence-electron chi connectivity index (χ2n) is 4.65. The van der Waals surface area contributed by atoms with Crippen molar-refractivity contribution in [2.45, 2.75) is 45.6 Å². The van der Waals surface area contributed by atoms with Crippen LogP contribution in [0.4, 0.5) is 0 Å². The molecule has 1 saturated heterocycles. The lowest BCUT2D eigenvalue weighted by atomic mass is 9.89. The van der Waals surface area contributed by atoms with Gasteiger partial charge in [-0.1, -0.05) is 19.8 Å². The summed E-state index contributed by atoms with van der Waals surface area (Å²) in [5.41, 5.74) is 0. The van der Waals surface area contributed by atoms with Gasteiger partial charge in [-0.15, -0.1) is 0 Å². The first-order chi connectivity index (χ1) is 7.15. The molecule has 1 amide bonds. The number of hydrogen-bond acceptors (Lipinski definition) is 2. The van der Waals surface area contributed by atoms with Gasteiger partial charge in [-0.05, 0) is 32.4 Å². The summed E-state index contributed by atoms with van der Waals surface area (Å²) < 4.78 is 0. The molecule has 15 heavy (non-hydrogen) atoms. The van der Waals surface area contributed by atoms with E-state index in [1.807, 2.05) is 0 Å². The molecule has 0 aliphatic carbocycles. The maximum atomic E-state index is 10.9. The number of carbonyl (C=O) groups is 1.